The van der Waals surface area contributed by atoms with E-state index in [1.165, 1.54) is 0 Å². The van der Waals surface area contributed by atoms with Crippen LogP contribution in [0.4, 0.5) is 0 Å². The van der Waals surface area contributed by atoms with Crippen LogP contribution in [-0.2, 0) is 0 Å². The summed E-state index contributed by atoms with van der Waals surface area (Å²) in [5, 5.41) is 4.34. The summed E-state index contributed by atoms with van der Waals surface area (Å²) in [4.78, 5) is 13.7. The second kappa shape index (κ2) is 8.70. The van der Waals surface area contributed by atoms with Gasteiger partial charge in [0, 0.05) is 36.9 Å². The number of carbonyl (C=O) groups is 1. The Labute approximate surface area is 187 Å². The summed E-state index contributed by atoms with van der Waals surface area (Å²) in [6, 6.07) is 19.4. The van der Waals surface area contributed by atoms with Crippen molar-refractivity contribution >= 4 is 54.7 Å². The fourth-order valence-electron chi connectivity index (χ4n) is 3.44. The Balaban J connectivity index is 1.89. The highest BCUT2D eigenvalue weighted by atomic mass is 79.9. The van der Waals surface area contributed by atoms with E-state index in [4.69, 9.17) is 16.3 Å². The molecule has 0 saturated heterocycles. The van der Waals surface area contributed by atoms with E-state index in [2.05, 4.69) is 15.9 Å². The van der Waals surface area contributed by atoms with E-state index in [-0.39, 0.29) is 5.78 Å². The van der Waals surface area contributed by atoms with Crippen molar-refractivity contribution in [1.29, 1.82) is 0 Å². The lowest BCUT2D eigenvalue weighted by molar-refractivity contribution is 0.104. The standard InChI is InChI=1S/C24H18BrClO2S/c1-15-12-18(28-11-10-25)13-20(16-6-8-17(26)9-7-16)23(15)24(27)21-14-29-22-5-3-2-4-19(21)22/h2-9,12-14H,10-11H2,1H3. The molecule has 1 heterocycles. The molecule has 0 fully saturated rings. The summed E-state index contributed by atoms with van der Waals surface area (Å²) < 4.78 is 6.95. The van der Waals surface area contributed by atoms with Crippen molar-refractivity contribution in [2.45, 2.75) is 6.92 Å². The maximum Gasteiger partial charge on any atom is 0.195 e. The number of hydrogen-bond acceptors (Lipinski definition) is 3. The number of alkyl halides is 1. The van der Waals surface area contributed by atoms with Crippen molar-refractivity contribution in [3.05, 3.63) is 87.8 Å². The minimum atomic E-state index is 0.0249. The molecule has 0 aliphatic carbocycles. The molecule has 146 valence electrons. The van der Waals surface area contributed by atoms with Gasteiger partial charge in [-0.2, -0.15) is 0 Å². The van der Waals surface area contributed by atoms with E-state index in [1.54, 1.807) is 11.3 Å². The van der Waals surface area contributed by atoms with Crippen molar-refractivity contribution in [3.8, 4) is 16.9 Å². The third-order valence-electron chi connectivity index (χ3n) is 4.76. The molecule has 0 atom stereocenters. The molecule has 4 rings (SSSR count). The lowest BCUT2D eigenvalue weighted by Crippen LogP contribution is -2.07. The minimum Gasteiger partial charge on any atom is -0.493 e. The predicted molar refractivity (Wildman–Crippen MR) is 126 cm³/mol. The smallest absolute Gasteiger partial charge is 0.195 e. The quantitative estimate of drug-likeness (QED) is 0.208. The number of halogens is 2. The van der Waals surface area contributed by atoms with Crippen LogP contribution in [0.5, 0.6) is 5.75 Å². The molecule has 1 aromatic heterocycles. The normalized spacial score (nSPS) is 11.0. The molecule has 3 aromatic carbocycles. The first-order valence-corrected chi connectivity index (χ1v) is 11.6. The molecular weight excluding hydrogens is 468 g/mol. The van der Waals surface area contributed by atoms with Gasteiger partial charge < -0.3 is 4.74 Å². The second-order valence-corrected chi connectivity index (χ2v) is 8.82. The first-order chi connectivity index (χ1) is 14.1. The SMILES string of the molecule is Cc1cc(OCCBr)cc(-c2ccc(Cl)cc2)c1C(=O)c1csc2ccccc12. The fraction of sp³-hybridized carbons (Fsp3) is 0.125. The van der Waals surface area contributed by atoms with Crippen LogP contribution >= 0.6 is 38.9 Å². The second-order valence-electron chi connectivity index (χ2n) is 6.68. The van der Waals surface area contributed by atoms with E-state index < -0.39 is 0 Å². The Morgan fingerprint density at radius 2 is 1.86 bits per heavy atom. The zero-order chi connectivity index (χ0) is 20.4. The fourth-order valence-corrected chi connectivity index (χ4v) is 4.67. The average molecular weight is 486 g/mol. The predicted octanol–water partition coefficient (Wildman–Crippen LogP) is 7.53. The van der Waals surface area contributed by atoms with Crippen molar-refractivity contribution in [2.75, 3.05) is 11.9 Å². The zero-order valence-electron chi connectivity index (χ0n) is 15.7. The van der Waals surface area contributed by atoms with Gasteiger partial charge in [-0.3, -0.25) is 4.79 Å². The minimum absolute atomic E-state index is 0.0249. The van der Waals surface area contributed by atoms with Crippen LogP contribution in [0.25, 0.3) is 21.2 Å². The maximum atomic E-state index is 13.7. The van der Waals surface area contributed by atoms with Crippen LogP contribution < -0.4 is 4.74 Å². The molecule has 29 heavy (non-hydrogen) atoms. The molecule has 0 unspecified atom stereocenters. The van der Waals surface area contributed by atoms with Gasteiger partial charge in [-0.05, 0) is 53.9 Å². The van der Waals surface area contributed by atoms with Gasteiger partial charge in [-0.25, -0.2) is 0 Å². The van der Waals surface area contributed by atoms with Crippen LogP contribution in [0, 0.1) is 6.92 Å². The summed E-state index contributed by atoms with van der Waals surface area (Å²) in [6.07, 6.45) is 0. The van der Waals surface area contributed by atoms with Gasteiger partial charge >= 0.3 is 0 Å². The third kappa shape index (κ3) is 4.11. The van der Waals surface area contributed by atoms with Gasteiger partial charge in [-0.1, -0.05) is 57.9 Å². The zero-order valence-corrected chi connectivity index (χ0v) is 18.9. The average Bonchev–Trinajstić information content (AvgIpc) is 3.16. The summed E-state index contributed by atoms with van der Waals surface area (Å²) in [6.45, 7) is 2.52. The van der Waals surface area contributed by atoms with Crippen LogP contribution in [-0.4, -0.2) is 17.7 Å². The van der Waals surface area contributed by atoms with Crippen molar-refractivity contribution in [1.82, 2.24) is 0 Å². The highest BCUT2D eigenvalue weighted by molar-refractivity contribution is 9.09. The van der Waals surface area contributed by atoms with Crippen molar-refractivity contribution in [3.63, 3.8) is 0 Å². The molecular formula is C24H18BrClO2S. The van der Waals surface area contributed by atoms with Crippen molar-refractivity contribution in [2.24, 2.45) is 0 Å². The van der Waals surface area contributed by atoms with Gasteiger partial charge in [0.25, 0.3) is 0 Å². The molecule has 0 spiro atoms. The van der Waals surface area contributed by atoms with Crippen LogP contribution in [0.1, 0.15) is 21.5 Å². The summed E-state index contributed by atoms with van der Waals surface area (Å²) in [5.74, 6) is 0.774. The van der Waals surface area contributed by atoms with Gasteiger partial charge in [0.2, 0.25) is 0 Å². The van der Waals surface area contributed by atoms with E-state index in [0.29, 0.717) is 17.2 Å². The lowest BCUT2D eigenvalue weighted by Gasteiger charge is -2.15. The molecule has 0 amide bonds. The van der Waals surface area contributed by atoms with Gasteiger partial charge in [0.1, 0.15) is 5.75 Å². The summed E-state index contributed by atoms with van der Waals surface area (Å²) in [5.41, 5.74) is 4.11. The molecule has 0 N–H and O–H groups in total. The molecule has 0 aliphatic rings. The number of ether oxygens (including phenoxy) is 1. The Kier molecular flexibility index (Phi) is 6.04. The molecule has 0 aliphatic heterocycles. The number of rotatable bonds is 6. The van der Waals surface area contributed by atoms with Crippen LogP contribution in [0.2, 0.25) is 5.02 Å². The molecule has 0 bridgehead atoms. The number of ketones is 1. The molecule has 5 heteroatoms. The summed E-state index contributed by atoms with van der Waals surface area (Å²) >= 11 is 11.1. The van der Waals surface area contributed by atoms with Crippen LogP contribution in [0.3, 0.4) is 0 Å². The highest BCUT2D eigenvalue weighted by Gasteiger charge is 2.21. The largest absolute Gasteiger partial charge is 0.493 e. The number of benzene rings is 3. The number of thiophene rings is 1. The monoisotopic (exact) mass is 484 g/mol. The maximum absolute atomic E-state index is 13.7. The molecule has 2 nitrogen and oxygen atoms in total. The summed E-state index contributed by atoms with van der Waals surface area (Å²) in [7, 11) is 0. The Hall–Kier alpha value is -2.14. The molecule has 0 radical (unpaired) electrons. The Bertz CT molecular complexity index is 1180. The highest BCUT2D eigenvalue weighted by Crippen LogP contribution is 2.35. The first kappa shape index (κ1) is 20.1. The number of hydrogen-bond donors (Lipinski definition) is 0. The Morgan fingerprint density at radius 3 is 2.62 bits per heavy atom. The van der Waals surface area contributed by atoms with E-state index in [1.807, 2.05) is 73.0 Å². The first-order valence-electron chi connectivity index (χ1n) is 9.19. The lowest BCUT2D eigenvalue weighted by atomic mass is 9.90. The van der Waals surface area contributed by atoms with Gasteiger partial charge in [-0.15, -0.1) is 11.3 Å². The Morgan fingerprint density at radius 1 is 1.10 bits per heavy atom. The topological polar surface area (TPSA) is 26.3 Å². The van der Waals surface area contributed by atoms with Crippen LogP contribution in [0.15, 0.2) is 66.0 Å². The van der Waals surface area contributed by atoms with E-state index in [0.717, 1.165) is 43.4 Å². The molecule has 0 saturated carbocycles. The van der Waals surface area contributed by atoms with E-state index in [9.17, 15) is 4.79 Å². The number of aryl methyl sites for hydroxylation is 1. The van der Waals surface area contributed by atoms with Gasteiger partial charge in [0.05, 0.1) is 6.61 Å². The molecule has 4 aromatic rings. The number of carbonyl (C=O) groups excluding carboxylic acids is 1. The van der Waals surface area contributed by atoms with Gasteiger partial charge in [0.15, 0.2) is 5.78 Å². The van der Waals surface area contributed by atoms with Crippen molar-refractivity contribution < 1.29 is 9.53 Å². The van der Waals surface area contributed by atoms with E-state index >= 15 is 0 Å². The number of fused-ring (bicyclic) bond motifs is 1. The third-order valence-corrected chi connectivity index (χ3v) is 6.30.